The molecule has 2 N–H and O–H groups in total. The number of hydrogen-bond acceptors (Lipinski definition) is 4. The number of carboxylic acid groups (broad SMARTS) is 1. The fourth-order valence-electron chi connectivity index (χ4n) is 3.15. The largest absolute Gasteiger partial charge is 0.478 e. The van der Waals surface area contributed by atoms with Gasteiger partial charge in [-0.05, 0) is 37.8 Å². The highest BCUT2D eigenvalue weighted by molar-refractivity contribution is 5.88. The zero-order chi connectivity index (χ0) is 14.1. The number of nitrogens with zero attached hydrogens (tertiary/aromatic N) is 1. The summed E-state index contributed by atoms with van der Waals surface area (Å²) in [6, 6.07) is 3.54. The maximum atomic E-state index is 11.2. The van der Waals surface area contributed by atoms with E-state index in [0.717, 1.165) is 37.8 Å². The molecule has 0 radical (unpaired) electrons. The van der Waals surface area contributed by atoms with E-state index >= 15 is 0 Å². The summed E-state index contributed by atoms with van der Waals surface area (Å²) in [6.45, 7) is 2.06. The van der Waals surface area contributed by atoms with E-state index in [9.17, 15) is 9.90 Å². The van der Waals surface area contributed by atoms with Crippen molar-refractivity contribution in [2.45, 2.75) is 57.3 Å². The van der Waals surface area contributed by atoms with E-state index in [2.05, 4.69) is 17.2 Å². The van der Waals surface area contributed by atoms with E-state index in [1.807, 2.05) is 0 Å². The zero-order valence-electron chi connectivity index (χ0n) is 11.6. The lowest BCUT2D eigenvalue weighted by Gasteiger charge is -2.21. The molecule has 3 unspecified atom stereocenters. The van der Waals surface area contributed by atoms with Crippen LogP contribution in [0.4, 0.5) is 5.82 Å². The predicted molar refractivity (Wildman–Crippen MR) is 75.1 cm³/mol. The van der Waals surface area contributed by atoms with E-state index < -0.39 is 5.97 Å². The molecule has 0 aliphatic carbocycles. The highest BCUT2D eigenvalue weighted by Crippen LogP contribution is 2.35. The second-order valence-electron chi connectivity index (χ2n) is 5.65. The van der Waals surface area contributed by atoms with Crippen LogP contribution in [0.25, 0.3) is 0 Å². The quantitative estimate of drug-likeness (QED) is 0.864. The van der Waals surface area contributed by atoms with Gasteiger partial charge in [-0.15, -0.1) is 0 Å². The number of carboxylic acids is 1. The fraction of sp³-hybridized carbons (Fsp3) is 0.600. The van der Waals surface area contributed by atoms with Gasteiger partial charge in [0.25, 0.3) is 0 Å². The molecule has 20 heavy (non-hydrogen) atoms. The van der Waals surface area contributed by atoms with Crippen LogP contribution in [0, 0.1) is 0 Å². The average molecular weight is 276 g/mol. The number of rotatable bonds is 5. The third-order valence-electron chi connectivity index (χ3n) is 4.07. The number of hydrogen-bond donors (Lipinski definition) is 2. The van der Waals surface area contributed by atoms with E-state index in [1.165, 1.54) is 0 Å². The third kappa shape index (κ3) is 2.63. The molecular weight excluding hydrogens is 256 g/mol. The number of aromatic carboxylic acids is 1. The maximum absolute atomic E-state index is 11.2. The van der Waals surface area contributed by atoms with Gasteiger partial charge in [0.1, 0.15) is 5.82 Å². The van der Waals surface area contributed by atoms with Crippen LogP contribution in [-0.2, 0) is 11.2 Å². The van der Waals surface area contributed by atoms with Gasteiger partial charge in [-0.1, -0.05) is 13.3 Å². The van der Waals surface area contributed by atoms with Crippen LogP contribution in [0.1, 0.15) is 48.7 Å². The highest BCUT2D eigenvalue weighted by Gasteiger charge is 2.40. The van der Waals surface area contributed by atoms with Crippen LogP contribution in [0.5, 0.6) is 0 Å². The van der Waals surface area contributed by atoms with Crippen LogP contribution < -0.4 is 5.32 Å². The molecule has 2 bridgehead atoms. The van der Waals surface area contributed by atoms with Crippen LogP contribution >= 0.6 is 0 Å². The number of ether oxygens (including phenoxy) is 1. The number of pyridine rings is 1. The van der Waals surface area contributed by atoms with Crippen LogP contribution in [-0.4, -0.2) is 34.3 Å². The average Bonchev–Trinajstić information content (AvgIpc) is 3.01. The van der Waals surface area contributed by atoms with Crippen molar-refractivity contribution in [2.75, 3.05) is 5.32 Å². The minimum atomic E-state index is -0.906. The van der Waals surface area contributed by atoms with Crippen molar-refractivity contribution in [3.8, 4) is 0 Å². The number of aryl methyl sites for hydroxylation is 1. The highest BCUT2D eigenvalue weighted by atomic mass is 16.5. The van der Waals surface area contributed by atoms with Gasteiger partial charge in [0, 0.05) is 5.69 Å². The van der Waals surface area contributed by atoms with Crippen molar-refractivity contribution in [2.24, 2.45) is 0 Å². The zero-order valence-corrected chi connectivity index (χ0v) is 11.6. The summed E-state index contributed by atoms with van der Waals surface area (Å²) in [5.41, 5.74) is 1.13. The van der Waals surface area contributed by atoms with Gasteiger partial charge in [0.05, 0.1) is 23.8 Å². The Bertz CT molecular complexity index is 518. The molecule has 108 valence electrons. The molecule has 3 rings (SSSR count). The molecule has 1 aromatic rings. The van der Waals surface area contributed by atoms with Gasteiger partial charge >= 0.3 is 5.97 Å². The Kier molecular flexibility index (Phi) is 3.61. The summed E-state index contributed by atoms with van der Waals surface area (Å²) in [5, 5.41) is 12.6. The molecule has 2 aliphatic rings. The van der Waals surface area contributed by atoms with Gasteiger partial charge in [-0.2, -0.15) is 0 Å². The molecule has 0 saturated carbocycles. The lowest BCUT2D eigenvalue weighted by molar-refractivity contribution is 0.0696. The van der Waals surface area contributed by atoms with Crippen LogP contribution in [0.15, 0.2) is 12.1 Å². The molecule has 2 aliphatic heterocycles. The van der Waals surface area contributed by atoms with Crippen molar-refractivity contribution >= 4 is 11.8 Å². The van der Waals surface area contributed by atoms with Crippen molar-refractivity contribution in [3.63, 3.8) is 0 Å². The normalized spacial score (nSPS) is 27.8. The third-order valence-corrected chi connectivity index (χ3v) is 4.07. The standard InChI is InChI=1S/C15H20N2O3/c1-2-3-10-6-9(15(18)19)7-14(16-10)17-12-8-11-4-5-13(12)20-11/h6-7,11-13H,2-5,8H2,1H3,(H,16,17)(H,18,19). The molecule has 0 amide bonds. The molecule has 2 saturated heterocycles. The molecule has 3 heterocycles. The predicted octanol–water partition coefficient (Wildman–Crippen LogP) is 2.46. The lowest BCUT2D eigenvalue weighted by Crippen LogP contribution is -2.31. The van der Waals surface area contributed by atoms with Gasteiger partial charge in [-0.25, -0.2) is 9.78 Å². The lowest BCUT2D eigenvalue weighted by atomic mass is 9.95. The molecule has 5 nitrogen and oxygen atoms in total. The first kappa shape index (κ1) is 13.4. The summed E-state index contributed by atoms with van der Waals surface area (Å²) in [7, 11) is 0. The number of carbonyl (C=O) groups is 1. The minimum Gasteiger partial charge on any atom is -0.478 e. The number of fused-ring (bicyclic) bond motifs is 2. The summed E-state index contributed by atoms with van der Waals surface area (Å²) >= 11 is 0. The minimum absolute atomic E-state index is 0.255. The Labute approximate surface area is 118 Å². The number of anilines is 1. The summed E-state index contributed by atoms with van der Waals surface area (Å²) in [6.07, 6.45) is 5.60. The second-order valence-corrected chi connectivity index (χ2v) is 5.65. The summed E-state index contributed by atoms with van der Waals surface area (Å²) < 4.78 is 5.81. The first-order valence-corrected chi connectivity index (χ1v) is 7.32. The van der Waals surface area contributed by atoms with Gasteiger partial charge in [-0.3, -0.25) is 0 Å². The monoisotopic (exact) mass is 276 g/mol. The van der Waals surface area contributed by atoms with Crippen molar-refractivity contribution in [1.29, 1.82) is 0 Å². The fourth-order valence-corrected chi connectivity index (χ4v) is 3.15. The molecule has 1 aromatic heterocycles. The molecule has 2 fully saturated rings. The maximum Gasteiger partial charge on any atom is 0.335 e. The van der Waals surface area contributed by atoms with Gasteiger partial charge < -0.3 is 15.2 Å². The van der Waals surface area contributed by atoms with E-state index in [4.69, 9.17) is 4.74 Å². The molecular formula is C15H20N2O3. The van der Waals surface area contributed by atoms with Gasteiger partial charge in [0.2, 0.25) is 0 Å². The van der Waals surface area contributed by atoms with Crippen molar-refractivity contribution in [3.05, 3.63) is 23.4 Å². The summed E-state index contributed by atoms with van der Waals surface area (Å²) in [5.74, 6) is -0.244. The Morgan fingerprint density at radius 2 is 2.35 bits per heavy atom. The second kappa shape index (κ2) is 5.40. The molecule has 5 heteroatoms. The smallest absolute Gasteiger partial charge is 0.335 e. The van der Waals surface area contributed by atoms with E-state index in [-0.39, 0.29) is 12.1 Å². The Morgan fingerprint density at radius 1 is 1.50 bits per heavy atom. The first-order valence-electron chi connectivity index (χ1n) is 7.32. The Hall–Kier alpha value is -1.62. The topological polar surface area (TPSA) is 71.5 Å². The SMILES string of the molecule is CCCc1cc(C(=O)O)cc(NC2CC3CCC2O3)n1. The van der Waals surface area contributed by atoms with E-state index in [1.54, 1.807) is 12.1 Å². The van der Waals surface area contributed by atoms with Crippen LogP contribution in [0.3, 0.4) is 0 Å². The molecule has 3 atom stereocenters. The number of nitrogens with one attached hydrogen (secondary N) is 1. The Balaban J connectivity index is 1.79. The molecule has 0 aromatic carbocycles. The Morgan fingerprint density at radius 3 is 2.95 bits per heavy atom. The number of aromatic nitrogens is 1. The molecule has 0 spiro atoms. The van der Waals surface area contributed by atoms with Crippen molar-refractivity contribution < 1.29 is 14.6 Å². The van der Waals surface area contributed by atoms with Crippen LogP contribution in [0.2, 0.25) is 0 Å². The summed E-state index contributed by atoms with van der Waals surface area (Å²) in [4.78, 5) is 15.7. The van der Waals surface area contributed by atoms with Crippen molar-refractivity contribution in [1.82, 2.24) is 4.98 Å². The van der Waals surface area contributed by atoms with Gasteiger partial charge in [0.15, 0.2) is 0 Å². The van der Waals surface area contributed by atoms with E-state index in [0.29, 0.717) is 17.5 Å². The first-order chi connectivity index (χ1) is 9.65.